The van der Waals surface area contributed by atoms with E-state index in [0.29, 0.717) is 12.5 Å². The second-order valence-corrected chi connectivity index (χ2v) is 8.70. The Morgan fingerprint density at radius 3 is 1.76 bits per heavy atom. The SMILES string of the molecule is CC.CC.CC(C)Cc1ccc(OCC(C)(C)CCO)cc1.CCCCC(C)C. The first-order chi connectivity index (χ1) is 13.7. The maximum atomic E-state index is 8.96. The monoisotopic (exact) mass is 410 g/mol. The number of rotatable bonds is 10. The lowest BCUT2D eigenvalue weighted by Crippen LogP contribution is -2.22. The molecule has 1 rings (SSSR count). The lowest BCUT2D eigenvalue weighted by atomic mass is 9.91. The molecule has 1 N–H and O–H groups in total. The van der Waals surface area contributed by atoms with Gasteiger partial charge in [0.25, 0.3) is 0 Å². The number of aliphatic hydroxyl groups is 1. The molecule has 0 unspecified atom stereocenters. The van der Waals surface area contributed by atoms with Gasteiger partial charge in [0.15, 0.2) is 0 Å². The van der Waals surface area contributed by atoms with E-state index in [4.69, 9.17) is 9.84 Å². The predicted molar refractivity (Wildman–Crippen MR) is 133 cm³/mol. The summed E-state index contributed by atoms with van der Waals surface area (Å²) >= 11 is 0. The minimum Gasteiger partial charge on any atom is -0.493 e. The van der Waals surface area contributed by atoms with Gasteiger partial charge in [-0.1, -0.05) is 108 Å². The molecule has 0 aliphatic heterocycles. The summed E-state index contributed by atoms with van der Waals surface area (Å²) in [6, 6.07) is 8.34. The first-order valence-electron chi connectivity index (χ1n) is 12.0. The third-order valence-corrected chi connectivity index (χ3v) is 4.12. The summed E-state index contributed by atoms with van der Waals surface area (Å²) in [6.45, 7) is 24.3. The van der Waals surface area contributed by atoms with Gasteiger partial charge in [0.2, 0.25) is 0 Å². The highest BCUT2D eigenvalue weighted by Gasteiger charge is 2.18. The van der Waals surface area contributed by atoms with Crippen LogP contribution in [0.4, 0.5) is 0 Å². The summed E-state index contributed by atoms with van der Waals surface area (Å²) in [5.41, 5.74) is 1.37. The van der Waals surface area contributed by atoms with Gasteiger partial charge in [-0.3, -0.25) is 0 Å². The van der Waals surface area contributed by atoms with Crippen molar-refractivity contribution in [2.75, 3.05) is 13.2 Å². The third kappa shape index (κ3) is 23.1. The number of hydrogen-bond acceptors (Lipinski definition) is 2. The number of benzene rings is 1. The lowest BCUT2D eigenvalue weighted by molar-refractivity contribution is 0.137. The lowest BCUT2D eigenvalue weighted by Gasteiger charge is -2.23. The van der Waals surface area contributed by atoms with Crippen LogP contribution in [-0.4, -0.2) is 18.3 Å². The Balaban J connectivity index is -0.000000516. The number of ether oxygens (including phenoxy) is 1. The van der Waals surface area contributed by atoms with Gasteiger partial charge in [0.1, 0.15) is 5.75 Å². The van der Waals surface area contributed by atoms with Crippen molar-refractivity contribution < 1.29 is 9.84 Å². The van der Waals surface area contributed by atoms with Crippen molar-refractivity contribution in [3.63, 3.8) is 0 Å². The molecule has 0 aliphatic rings. The van der Waals surface area contributed by atoms with E-state index >= 15 is 0 Å². The topological polar surface area (TPSA) is 29.5 Å². The normalized spacial score (nSPS) is 10.3. The van der Waals surface area contributed by atoms with Gasteiger partial charge in [0, 0.05) is 12.0 Å². The van der Waals surface area contributed by atoms with Gasteiger partial charge in [-0.15, -0.1) is 0 Å². The second-order valence-electron chi connectivity index (χ2n) is 8.70. The van der Waals surface area contributed by atoms with E-state index in [0.717, 1.165) is 24.5 Å². The molecular weight excluding hydrogens is 356 g/mol. The molecule has 1 aromatic carbocycles. The van der Waals surface area contributed by atoms with Gasteiger partial charge in [-0.2, -0.15) is 0 Å². The van der Waals surface area contributed by atoms with Gasteiger partial charge in [-0.05, 0) is 42.4 Å². The maximum Gasteiger partial charge on any atom is 0.119 e. The predicted octanol–water partition coefficient (Wildman–Crippen LogP) is 8.56. The maximum absolute atomic E-state index is 8.96. The van der Waals surface area contributed by atoms with Gasteiger partial charge < -0.3 is 9.84 Å². The molecule has 0 saturated carbocycles. The fourth-order valence-corrected chi connectivity index (χ4v) is 2.46. The molecule has 0 aliphatic carbocycles. The molecule has 0 radical (unpaired) electrons. The van der Waals surface area contributed by atoms with Crippen LogP contribution in [0.3, 0.4) is 0 Å². The Morgan fingerprint density at radius 2 is 1.41 bits per heavy atom. The number of unbranched alkanes of at least 4 members (excludes halogenated alkanes) is 1. The molecule has 1 aromatic rings. The molecule has 29 heavy (non-hydrogen) atoms. The van der Waals surface area contributed by atoms with Crippen LogP contribution in [0, 0.1) is 17.3 Å². The van der Waals surface area contributed by atoms with Crippen LogP contribution in [-0.2, 0) is 6.42 Å². The van der Waals surface area contributed by atoms with Gasteiger partial charge >= 0.3 is 0 Å². The van der Waals surface area contributed by atoms with Crippen molar-refractivity contribution in [3.8, 4) is 5.75 Å². The fraction of sp³-hybridized carbons (Fsp3) is 0.778. The highest BCUT2D eigenvalue weighted by molar-refractivity contribution is 5.27. The molecule has 0 atom stereocenters. The van der Waals surface area contributed by atoms with E-state index in [-0.39, 0.29) is 12.0 Å². The molecule has 174 valence electrons. The van der Waals surface area contributed by atoms with Crippen LogP contribution in [0.15, 0.2) is 24.3 Å². The Morgan fingerprint density at radius 1 is 0.897 bits per heavy atom. The fourth-order valence-electron chi connectivity index (χ4n) is 2.46. The smallest absolute Gasteiger partial charge is 0.119 e. The molecule has 0 bridgehead atoms. The summed E-state index contributed by atoms with van der Waals surface area (Å²) in [7, 11) is 0. The Hall–Kier alpha value is -1.02. The molecule has 0 aromatic heterocycles. The van der Waals surface area contributed by atoms with E-state index in [2.05, 4.69) is 60.6 Å². The van der Waals surface area contributed by atoms with Crippen LogP contribution in [0.1, 0.15) is 107 Å². The Kier molecular flexibility index (Phi) is 24.4. The second kappa shape index (κ2) is 21.7. The van der Waals surface area contributed by atoms with Gasteiger partial charge in [-0.25, -0.2) is 0 Å². The minimum atomic E-state index is 0.0192. The first kappa shape index (κ1) is 32.6. The average Bonchev–Trinajstić information content (AvgIpc) is 2.69. The molecule has 0 spiro atoms. The minimum absolute atomic E-state index is 0.0192. The van der Waals surface area contributed by atoms with E-state index in [1.807, 2.05) is 39.8 Å². The van der Waals surface area contributed by atoms with Crippen LogP contribution < -0.4 is 4.74 Å². The van der Waals surface area contributed by atoms with Crippen LogP contribution in [0.2, 0.25) is 0 Å². The summed E-state index contributed by atoms with van der Waals surface area (Å²) in [4.78, 5) is 0. The largest absolute Gasteiger partial charge is 0.493 e. The first-order valence-corrected chi connectivity index (χ1v) is 12.0. The third-order valence-electron chi connectivity index (χ3n) is 4.12. The quantitative estimate of drug-likeness (QED) is 0.418. The average molecular weight is 411 g/mol. The molecular formula is C27H54O2. The van der Waals surface area contributed by atoms with Crippen molar-refractivity contribution in [2.24, 2.45) is 17.3 Å². The van der Waals surface area contributed by atoms with Crippen molar-refractivity contribution in [1.29, 1.82) is 0 Å². The highest BCUT2D eigenvalue weighted by atomic mass is 16.5. The Bertz CT molecular complexity index is 419. The van der Waals surface area contributed by atoms with Gasteiger partial charge in [0.05, 0.1) is 6.61 Å². The summed E-state index contributed by atoms with van der Waals surface area (Å²) < 4.78 is 5.77. The van der Waals surface area contributed by atoms with Crippen LogP contribution in [0.5, 0.6) is 5.75 Å². The van der Waals surface area contributed by atoms with Crippen LogP contribution in [0.25, 0.3) is 0 Å². The van der Waals surface area contributed by atoms with E-state index in [1.165, 1.54) is 24.8 Å². The van der Waals surface area contributed by atoms with Crippen molar-refractivity contribution in [3.05, 3.63) is 29.8 Å². The number of hydrogen-bond donors (Lipinski definition) is 1. The Labute approximate surface area is 184 Å². The van der Waals surface area contributed by atoms with Crippen LogP contribution >= 0.6 is 0 Å². The summed E-state index contributed by atoms with van der Waals surface area (Å²) in [6.07, 6.45) is 6.01. The van der Waals surface area contributed by atoms with E-state index < -0.39 is 0 Å². The summed E-state index contributed by atoms with van der Waals surface area (Å²) in [5, 5.41) is 8.96. The van der Waals surface area contributed by atoms with E-state index in [9.17, 15) is 0 Å². The van der Waals surface area contributed by atoms with Crippen molar-refractivity contribution in [1.82, 2.24) is 0 Å². The van der Waals surface area contributed by atoms with Crippen molar-refractivity contribution >= 4 is 0 Å². The molecule has 0 heterocycles. The molecule has 0 amide bonds. The molecule has 0 fully saturated rings. The van der Waals surface area contributed by atoms with E-state index in [1.54, 1.807) is 0 Å². The molecule has 0 saturated heterocycles. The molecule has 2 heteroatoms. The number of aliphatic hydroxyl groups excluding tert-OH is 1. The zero-order valence-electron chi connectivity index (χ0n) is 21.8. The zero-order chi connectivity index (χ0) is 23.3. The highest BCUT2D eigenvalue weighted by Crippen LogP contribution is 2.22. The summed E-state index contributed by atoms with van der Waals surface area (Å²) in [5.74, 6) is 2.49. The standard InChI is InChI=1S/C16H26O2.C7H16.2C2H6/c1-13(2)11-14-5-7-15(8-6-14)18-12-16(3,4)9-10-17;1-4-5-6-7(2)3;2*1-2/h5-8,13,17H,9-12H2,1-4H3;7H,4-6H2,1-3H3;2*1-2H3. The zero-order valence-corrected chi connectivity index (χ0v) is 21.8. The van der Waals surface area contributed by atoms with Crippen molar-refractivity contribution in [2.45, 2.75) is 108 Å². The molecule has 2 nitrogen and oxygen atoms in total.